The maximum Gasteiger partial charge on any atom is 0.208 e. The molecule has 0 bridgehead atoms. The summed E-state index contributed by atoms with van der Waals surface area (Å²) in [5, 5.41) is 12.4. The maximum absolute atomic E-state index is 12.7. The monoisotopic (exact) mass is 350 g/mol. The van der Waals surface area contributed by atoms with Crippen LogP contribution in [-0.2, 0) is 6.42 Å². The van der Waals surface area contributed by atoms with Crippen LogP contribution >= 0.6 is 11.3 Å². The van der Waals surface area contributed by atoms with Gasteiger partial charge in [0, 0.05) is 17.5 Å². The number of ether oxygens (including phenoxy) is 1. The number of benzene rings is 2. The Kier molecular flexibility index (Phi) is 3.66. The molecule has 1 aliphatic carbocycles. The molecule has 3 aromatic rings. The van der Waals surface area contributed by atoms with Gasteiger partial charge < -0.3 is 9.84 Å². The van der Waals surface area contributed by atoms with E-state index in [9.17, 15) is 14.7 Å². The molecular formula is C20H14O4S. The van der Waals surface area contributed by atoms with Crippen molar-refractivity contribution in [1.29, 1.82) is 0 Å². The van der Waals surface area contributed by atoms with E-state index in [1.54, 1.807) is 30.7 Å². The number of carbonyl (C=O) groups excluding carboxylic acids is 2. The Balaban J connectivity index is 1.75. The van der Waals surface area contributed by atoms with Crippen LogP contribution in [0.1, 0.15) is 42.3 Å². The summed E-state index contributed by atoms with van der Waals surface area (Å²) in [7, 11) is 1.60. The van der Waals surface area contributed by atoms with Crippen LogP contribution < -0.4 is 4.74 Å². The molecule has 25 heavy (non-hydrogen) atoms. The van der Waals surface area contributed by atoms with Crippen LogP contribution in [0, 0.1) is 0 Å². The van der Waals surface area contributed by atoms with Crippen molar-refractivity contribution in [3.63, 3.8) is 0 Å². The van der Waals surface area contributed by atoms with Crippen LogP contribution in [0.3, 0.4) is 0 Å². The molecule has 4 rings (SSSR count). The minimum Gasteiger partial charge on any atom is -0.507 e. The van der Waals surface area contributed by atoms with E-state index in [1.165, 1.54) is 11.3 Å². The highest BCUT2D eigenvalue weighted by Crippen LogP contribution is 2.37. The van der Waals surface area contributed by atoms with Crippen molar-refractivity contribution in [2.24, 2.45) is 0 Å². The summed E-state index contributed by atoms with van der Waals surface area (Å²) >= 11 is 1.23. The summed E-state index contributed by atoms with van der Waals surface area (Å²) in [4.78, 5) is 25.6. The Morgan fingerprint density at radius 3 is 2.44 bits per heavy atom. The first-order valence-corrected chi connectivity index (χ1v) is 8.62. The average molecular weight is 350 g/mol. The standard InChI is InChI=1S/C20H14O4S/c1-24-13-5-2-11(3-6-13)10-12-4-7-14-16(17(12)21)19(23)20-15(18(14)22)8-9-25-20/h2-9,21H,10H2,1H3. The van der Waals surface area contributed by atoms with E-state index >= 15 is 0 Å². The molecule has 0 aliphatic heterocycles. The van der Waals surface area contributed by atoms with E-state index in [0.717, 1.165) is 11.3 Å². The maximum atomic E-state index is 12.7. The van der Waals surface area contributed by atoms with Crippen molar-refractivity contribution in [2.75, 3.05) is 7.11 Å². The highest BCUT2D eigenvalue weighted by molar-refractivity contribution is 7.12. The molecule has 0 unspecified atom stereocenters. The Labute approximate surface area is 148 Å². The fraction of sp³-hybridized carbons (Fsp3) is 0.100. The molecule has 1 heterocycles. The molecule has 124 valence electrons. The van der Waals surface area contributed by atoms with Gasteiger partial charge in [-0.1, -0.05) is 18.2 Å². The van der Waals surface area contributed by atoms with Gasteiger partial charge in [-0.15, -0.1) is 11.3 Å². The summed E-state index contributed by atoms with van der Waals surface area (Å²) in [6.07, 6.45) is 0.460. The predicted octanol–water partition coefficient (Wildman–Crippen LogP) is 3.83. The molecule has 5 heteroatoms. The Morgan fingerprint density at radius 2 is 1.72 bits per heavy atom. The van der Waals surface area contributed by atoms with E-state index in [2.05, 4.69) is 0 Å². The first-order valence-electron chi connectivity index (χ1n) is 7.75. The van der Waals surface area contributed by atoms with Gasteiger partial charge in [-0.25, -0.2) is 0 Å². The molecule has 4 nitrogen and oxygen atoms in total. The number of ketones is 2. The predicted molar refractivity (Wildman–Crippen MR) is 95.1 cm³/mol. The number of fused-ring (bicyclic) bond motifs is 2. The van der Waals surface area contributed by atoms with Crippen molar-refractivity contribution in [2.45, 2.75) is 6.42 Å². The summed E-state index contributed by atoms with van der Waals surface area (Å²) in [5.74, 6) is 0.154. The van der Waals surface area contributed by atoms with Gasteiger partial charge in [0.2, 0.25) is 5.78 Å². The lowest BCUT2D eigenvalue weighted by Crippen LogP contribution is -2.19. The summed E-state index contributed by atoms with van der Waals surface area (Å²) in [6, 6.07) is 12.5. The number of methoxy groups -OCH3 is 1. The Bertz CT molecular complexity index is 999. The number of rotatable bonds is 3. The number of phenolic OH excluding ortho intramolecular Hbond substituents is 1. The van der Waals surface area contributed by atoms with Gasteiger partial charge in [-0.2, -0.15) is 0 Å². The minimum atomic E-state index is -0.284. The average Bonchev–Trinajstić information content (AvgIpc) is 3.12. The summed E-state index contributed by atoms with van der Waals surface area (Å²) in [6.45, 7) is 0. The highest BCUT2D eigenvalue weighted by Gasteiger charge is 2.33. The third kappa shape index (κ3) is 2.44. The fourth-order valence-corrected chi connectivity index (χ4v) is 3.92. The molecule has 0 saturated heterocycles. The Hall–Kier alpha value is -2.92. The molecule has 2 aromatic carbocycles. The highest BCUT2D eigenvalue weighted by atomic mass is 32.1. The number of aromatic hydroxyl groups is 1. The first-order chi connectivity index (χ1) is 12.1. The molecule has 1 aliphatic rings. The SMILES string of the molecule is COc1ccc(Cc2ccc3c(c2O)C(=O)c2sccc2C3=O)cc1. The zero-order chi connectivity index (χ0) is 17.6. The molecule has 0 amide bonds. The quantitative estimate of drug-likeness (QED) is 0.610. The van der Waals surface area contributed by atoms with Crippen LogP contribution in [-0.4, -0.2) is 23.8 Å². The molecule has 0 saturated carbocycles. The van der Waals surface area contributed by atoms with E-state index < -0.39 is 0 Å². The smallest absolute Gasteiger partial charge is 0.208 e. The largest absolute Gasteiger partial charge is 0.507 e. The second kappa shape index (κ2) is 5.86. The fourth-order valence-electron chi connectivity index (χ4n) is 3.08. The number of hydrogen-bond acceptors (Lipinski definition) is 5. The summed E-state index contributed by atoms with van der Waals surface area (Å²) < 4.78 is 5.14. The van der Waals surface area contributed by atoms with E-state index in [-0.39, 0.29) is 28.4 Å². The van der Waals surface area contributed by atoms with E-state index in [4.69, 9.17) is 4.74 Å². The van der Waals surface area contributed by atoms with Crippen molar-refractivity contribution in [3.05, 3.63) is 80.5 Å². The lowest BCUT2D eigenvalue weighted by Gasteiger charge is -2.17. The van der Waals surface area contributed by atoms with Gasteiger partial charge in [0.1, 0.15) is 11.5 Å². The van der Waals surface area contributed by atoms with Crippen LogP contribution in [0.4, 0.5) is 0 Å². The molecular weight excluding hydrogens is 336 g/mol. The van der Waals surface area contributed by atoms with Crippen molar-refractivity contribution in [3.8, 4) is 11.5 Å². The Morgan fingerprint density at radius 1 is 0.960 bits per heavy atom. The molecule has 0 atom stereocenters. The number of phenols is 1. The van der Waals surface area contributed by atoms with Crippen molar-refractivity contribution < 1.29 is 19.4 Å². The van der Waals surface area contributed by atoms with Gasteiger partial charge in [0.05, 0.1) is 17.6 Å². The van der Waals surface area contributed by atoms with Gasteiger partial charge in [-0.05, 0) is 40.8 Å². The zero-order valence-electron chi connectivity index (χ0n) is 13.4. The second-order valence-electron chi connectivity index (χ2n) is 5.84. The zero-order valence-corrected chi connectivity index (χ0v) is 14.2. The molecule has 0 spiro atoms. The normalized spacial score (nSPS) is 12.7. The van der Waals surface area contributed by atoms with Crippen LogP contribution in [0.2, 0.25) is 0 Å². The molecule has 0 radical (unpaired) electrons. The third-order valence-corrected chi connectivity index (χ3v) is 5.32. The van der Waals surface area contributed by atoms with Crippen LogP contribution in [0.25, 0.3) is 0 Å². The first kappa shape index (κ1) is 15.6. The number of thiophene rings is 1. The lowest BCUT2D eigenvalue weighted by molar-refractivity contribution is 0.0980. The molecule has 1 aromatic heterocycles. The van der Waals surface area contributed by atoms with Crippen molar-refractivity contribution >= 4 is 22.9 Å². The van der Waals surface area contributed by atoms with Crippen molar-refractivity contribution in [1.82, 2.24) is 0 Å². The number of carbonyl (C=O) groups is 2. The van der Waals surface area contributed by atoms with Gasteiger partial charge >= 0.3 is 0 Å². The van der Waals surface area contributed by atoms with Gasteiger partial charge in [0.25, 0.3) is 0 Å². The molecule has 1 N–H and O–H groups in total. The van der Waals surface area contributed by atoms with Gasteiger partial charge in [-0.3, -0.25) is 9.59 Å². The second-order valence-corrected chi connectivity index (χ2v) is 6.76. The van der Waals surface area contributed by atoms with E-state index in [0.29, 0.717) is 22.4 Å². The minimum absolute atomic E-state index is 0.106. The third-order valence-electron chi connectivity index (χ3n) is 4.40. The van der Waals surface area contributed by atoms with Crippen LogP contribution in [0.5, 0.6) is 11.5 Å². The summed E-state index contributed by atoms with van der Waals surface area (Å²) in [5.41, 5.74) is 2.40. The van der Waals surface area contributed by atoms with E-state index in [1.807, 2.05) is 24.3 Å². The molecule has 0 fully saturated rings. The topological polar surface area (TPSA) is 63.6 Å². The van der Waals surface area contributed by atoms with Crippen LogP contribution in [0.15, 0.2) is 47.8 Å². The number of hydrogen-bond donors (Lipinski definition) is 1. The lowest BCUT2D eigenvalue weighted by atomic mass is 9.86. The van der Waals surface area contributed by atoms with Gasteiger partial charge in [0.15, 0.2) is 5.78 Å².